The predicted molar refractivity (Wildman–Crippen MR) is 145 cm³/mol. The zero-order valence-electron chi connectivity index (χ0n) is 24.2. The van der Waals surface area contributed by atoms with Gasteiger partial charge < -0.3 is 26.0 Å². The molecule has 9 nitrogen and oxygen atoms in total. The van der Waals surface area contributed by atoms with Crippen molar-refractivity contribution < 1.29 is 23.9 Å². The minimum Gasteiger partial charge on any atom is -0.444 e. The molecule has 4 N–H and O–H groups in total. The number of alkyl carbamates (subject to hydrolysis) is 1. The highest BCUT2D eigenvalue weighted by molar-refractivity contribution is 5.93. The molecule has 9 heteroatoms. The van der Waals surface area contributed by atoms with Gasteiger partial charge in [0, 0.05) is 18.0 Å². The van der Waals surface area contributed by atoms with Crippen LogP contribution in [0.3, 0.4) is 0 Å². The van der Waals surface area contributed by atoms with Gasteiger partial charge in [0.2, 0.25) is 17.7 Å². The zero-order chi connectivity index (χ0) is 28.7. The molecule has 0 spiro atoms. The van der Waals surface area contributed by atoms with E-state index in [4.69, 9.17) is 10.5 Å². The second-order valence-electron chi connectivity index (χ2n) is 11.5. The number of benzene rings is 1. The smallest absolute Gasteiger partial charge is 0.408 e. The van der Waals surface area contributed by atoms with Crippen molar-refractivity contribution in [3.05, 3.63) is 34.9 Å². The van der Waals surface area contributed by atoms with Crippen LogP contribution in [0.1, 0.15) is 97.4 Å². The summed E-state index contributed by atoms with van der Waals surface area (Å²) in [7, 11) is 0. The quantitative estimate of drug-likeness (QED) is 0.407. The number of carbonyl (C=O) groups excluding carboxylic acids is 4. The number of hydrogen-bond donors (Lipinski definition) is 3. The number of nitrogens with two attached hydrogens (primary N) is 1. The number of ether oxygens (including phenoxy) is 1. The maximum atomic E-state index is 14.2. The van der Waals surface area contributed by atoms with E-state index in [1.807, 2.05) is 66.7 Å². The molecule has 1 aromatic carbocycles. The van der Waals surface area contributed by atoms with Crippen LogP contribution in [-0.2, 0) is 19.1 Å². The van der Waals surface area contributed by atoms with E-state index in [0.717, 1.165) is 11.1 Å². The molecule has 0 heterocycles. The third kappa shape index (κ3) is 9.70. The Bertz CT molecular complexity index is 981. The van der Waals surface area contributed by atoms with E-state index in [2.05, 4.69) is 10.6 Å². The van der Waals surface area contributed by atoms with Crippen molar-refractivity contribution in [1.82, 2.24) is 15.5 Å². The molecular weight excluding hydrogens is 472 g/mol. The Morgan fingerprint density at radius 2 is 1.59 bits per heavy atom. The Kier molecular flexibility index (Phi) is 11.2. The molecule has 0 aliphatic carbocycles. The monoisotopic (exact) mass is 518 g/mol. The van der Waals surface area contributed by atoms with Gasteiger partial charge in [0.15, 0.2) is 0 Å². The fraction of sp³-hybridized carbons (Fsp3) is 0.643. The first kappa shape index (κ1) is 31.9. The maximum Gasteiger partial charge on any atom is 0.408 e. The molecule has 1 aromatic rings. The number of rotatable bonds is 11. The highest BCUT2D eigenvalue weighted by atomic mass is 16.6. The van der Waals surface area contributed by atoms with Gasteiger partial charge in [0.25, 0.3) is 0 Å². The summed E-state index contributed by atoms with van der Waals surface area (Å²) in [4.78, 5) is 53.7. The highest BCUT2D eigenvalue weighted by Crippen LogP contribution is 2.33. The Morgan fingerprint density at radius 3 is 2.05 bits per heavy atom. The fourth-order valence-corrected chi connectivity index (χ4v) is 3.82. The summed E-state index contributed by atoms with van der Waals surface area (Å²) in [5.74, 6) is -1.44. The predicted octanol–water partition coefficient (Wildman–Crippen LogP) is 4.05. The van der Waals surface area contributed by atoms with E-state index in [9.17, 15) is 19.2 Å². The molecule has 37 heavy (non-hydrogen) atoms. The van der Waals surface area contributed by atoms with Crippen LogP contribution in [0.2, 0.25) is 0 Å². The van der Waals surface area contributed by atoms with Gasteiger partial charge in [-0.15, -0.1) is 0 Å². The van der Waals surface area contributed by atoms with E-state index < -0.39 is 41.1 Å². The van der Waals surface area contributed by atoms with Crippen LogP contribution in [0, 0.1) is 13.8 Å². The van der Waals surface area contributed by atoms with Gasteiger partial charge in [-0.05, 0) is 91.8 Å². The Morgan fingerprint density at radius 1 is 1.00 bits per heavy atom. The molecule has 1 rings (SSSR count). The van der Waals surface area contributed by atoms with Gasteiger partial charge in [-0.1, -0.05) is 25.1 Å². The van der Waals surface area contributed by atoms with Crippen LogP contribution < -0.4 is 16.4 Å². The molecule has 0 saturated heterocycles. The summed E-state index contributed by atoms with van der Waals surface area (Å²) in [6.45, 7) is 18.5. The third-order valence-corrected chi connectivity index (χ3v) is 6.21. The molecule has 2 atom stereocenters. The lowest BCUT2D eigenvalue weighted by Gasteiger charge is -2.45. The van der Waals surface area contributed by atoms with Crippen molar-refractivity contribution >= 4 is 23.8 Å². The first-order valence-electron chi connectivity index (χ1n) is 12.9. The van der Waals surface area contributed by atoms with Crippen LogP contribution in [0.5, 0.6) is 0 Å². The Hall–Kier alpha value is -3.10. The largest absolute Gasteiger partial charge is 0.444 e. The average molecular weight is 519 g/mol. The lowest BCUT2D eigenvalue weighted by Crippen LogP contribution is -2.59. The summed E-state index contributed by atoms with van der Waals surface area (Å²) < 4.78 is 5.37. The standard InChI is InChI=1S/C28H46N4O5/c1-11-28(9,10)32(23(24(34)30-17(2)3)20-13-12-18(4)19(5)16-20)25(35)21(14-15-22(29)33)31-26(36)37-27(6,7)8/h12-13,16-17,21,23H,11,14-15H2,1-10H3,(H2,29,33)(H,30,34)(H,31,36). The molecule has 0 aromatic heterocycles. The molecule has 208 valence electrons. The summed E-state index contributed by atoms with van der Waals surface area (Å²) in [6.07, 6.45) is -0.419. The van der Waals surface area contributed by atoms with Crippen LogP contribution in [0.15, 0.2) is 18.2 Å². The fourth-order valence-electron chi connectivity index (χ4n) is 3.82. The Balaban J connectivity index is 3.69. The van der Waals surface area contributed by atoms with Gasteiger partial charge in [0.05, 0.1) is 0 Å². The number of nitrogens with zero attached hydrogens (tertiary/aromatic N) is 1. The minimum absolute atomic E-state index is 0.0326. The average Bonchev–Trinajstić information content (AvgIpc) is 2.74. The molecule has 0 aliphatic heterocycles. The van der Waals surface area contributed by atoms with E-state index in [-0.39, 0.29) is 24.8 Å². The molecule has 0 saturated carbocycles. The molecule has 0 aliphatic rings. The van der Waals surface area contributed by atoms with Gasteiger partial charge in [-0.25, -0.2) is 4.79 Å². The SMILES string of the molecule is CCC(C)(C)N(C(=O)C(CCC(N)=O)NC(=O)OC(C)(C)C)C(C(=O)NC(C)C)c1ccc(C)c(C)c1. The number of carbonyl (C=O) groups is 4. The molecule has 0 radical (unpaired) electrons. The van der Waals surface area contributed by atoms with Crippen molar-refractivity contribution in [2.75, 3.05) is 0 Å². The van der Waals surface area contributed by atoms with E-state index in [0.29, 0.717) is 12.0 Å². The minimum atomic E-state index is -1.13. The van der Waals surface area contributed by atoms with Crippen LogP contribution >= 0.6 is 0 Å². The molecule has 4 amide bonds. The van der Waals surface area contributed by atoms with Crippen LogP contribution in [-0.4, -0.2) is 51.9 Å². The maximum absolute atomic E-state index is 14.2. The summed E-state index contributed by atoms with van der Waals surface area (Å²) in [6, 6.07) is 3.42. The second-order valence-corrected chi connectivity index (χ2v) is 11.5. The van der Waals surface area contributed by atoms with Gasteiger partial charge in [-0.3, -0.25) is 14.4 Å². The van der Waals surface area contributed by atoms with E-state index in [1.54, 1.807) is 20.8 Å². The van der Waals surface area contributed by atoms with Crippen molar-refractivity contribution in [3.63, 3.8) is 0 Å². The van der Waals surface area contributed by atoms with Gasteiger partial charge >= 0.3 is 6.09 Å². The first-order chi connectivity index (χ1) is 16.9. The summed E-state index contributed by atoms with van der Waals surface area (Å²) in [5, 5.41) is 5.57. The van der Waals surface area contributed by atoms with E-state index in [1.165, 1.54) is 4.90 Å². The van der Waals surface area contributed by atoms with E-state index >= 15 is 0 Å². The highest BCUT2D eigenvalue weighted by Gasteiger charge is 2.43. The number of primary amides is 1. The lowest BCUT2D eigenvalue weighted by atomic mass is 9.90. The zero-order valence-corrected chi connectivity index (χ0v) is 24.2. The second kappa shape index (κ2) is 12.9. The number of amides is 4. The van der Waals surface area contributed by atoms with Crippen molar-refractivity contribution in [1.29, 1.82) is 0 Å². The Labute approximate surface area is 221 Å². The van der Waals surface area contributed by atoms with Crippen LogP contribution in [0.25, 0.3) is 0 Å². The summed E-state index contributed by atoms with van der Waals surface area (Å²) in [5.41, 5.74) is 6.50. The number of aryl methyl sites for hydroxylation is 2. The van der Waals surface area contributed by atoms with Crippen LogP contribution in [0.4, 0.5) is 4.79 Å². The molecule has 0 fully saturated rings. The first-order valence-corrected chi connectivity index (χ1v) is 12.9. The van der Waals surface area contributed by atoms with Gasteiger partial charge in [0.1, 0.15) is 17.7 Å². The number of hydrogen-bond acceptors (Lipinski definition) is 5. The van der Waals surface area contributed by atoms with Gasteiger partial charge in [-0.2, -0.15) is 0 Å². The van der Waals surface area contributed by atoms with Crippen molar-refractivity contribution in [2.24, 2.45) is 5.73 Å². The lowest BCUT2D eigenvalue weighted by molar-refractivity contribution is -0.149. The number of nitrogens with one attached hydrogen (secondary N) is 2. The summed E-state index contributed by atoms with van der Waals surface area (Å²) >= 11 is 0. The van der Waals surface area contributed by atoms with Crippen molar-refractivity contribution in [2.45, 2.75) is 118 Å². The topological polar surface area (TPSA) is 131 Å². The molecular formula is C28H46N4O5. The van der Waals surface area contributed by atoms with Crippen molar-refractivity contribution in [3.8, 4) is 0 Å². The molecule has 2 unspecified atom stereocenters. The molecule has 0 bridgehead atoms. The third-order valence-electron chi connectivity index (χ3n) is 6.21. The normalized spacial score (nSPS) is 13.5.